The lowest BCUT2D eigenvalue weighted by Crippen LogP contribution is -2.22. The number of rotatable bonds is 5. The molecule has 1 atom stereocenters. The van der Waals surface area contributed by atoms with Crippen molar-refractivity contribution in [3.8, 4) is 0 Å². The van der Waals surface area contributed by atoms with Gasteiger partial charge in [-0.1, -0.05) is 23.7 Å². The second-order valence-electron chi connectivity index (χ2n) is 4.88. The minimum absolute atomic E-state index is 0.474. The van der Waals surface area contributed by atoms with Crippen LogP contribution >= 0.6 is 22.9 Å². The van der Waals surface area contributed by atoms with Gasteiger partial charge in [-0.15, -0.1) is 0 Å². The summed E-state index contributed by atoms with van der Waals surface area (Å²) in [7, 11) is 0. The lowest BCUT2D eigenvalue weighted by molar-refractivity contribution is 0.481. The predicted molar refractivity (Wildman–Crippen MR) is 78.1 cm³/mol. The monoisotopic (exact) mass is 277 g/mol. The van der Waals surface area contributed by atoms with Crippen molar-refractivity contribution in [1.82, 2.24) is 5.32 Å². The van der Waals surface area contributed by atoms with Crippen LogP contribution in [0.5, 0.6) is 0 Å². The van der Waals surface area contributed by atoms with E-state index in [9.17, 15) is 0 Å². The van der Waals surface area contributed by atoms with E-state index in [0.29, 0.717) is 6.04 Å². The zero-order valence-electron chi connectivity index (χ0n) is 10.1. The van der Waals surface area contributed by atoms with Crippen molar-refractivity contribution in [3.63, 3.8) is 0 Å². The molecule has 1 nitrogen and oxygen atoms in total. The van der Waals surface area contributed by atoms with Crippen LogP contribution in [0.3, 0.4) is 0 Å². The van der Waals surface area contributed by atoms with Gasteiger partial charge in [0.1, 0.15) is 0 Å². The third kappa shape index (κ3) is 2.94. The van der Waals surface area contributed by atoms with Gasteiger partial charge in [-0.05, 0) is 58.8 Å². The Kier molecular flexibility index (Phi) is 3.69. The van der Waals surface area contributed by atoms with E-state index in [4.69, 9.17) is 11.6 Å². The van der Waals surface area contributed by atoms with Crippen molar-refractivity contribution in [2.45, 2.75) is 25.4 Å². The summed E-state index contributed by atoms with van der Waals surface area (Å²) in [4.78, 5) is 0. The van der Waals surface area contributed by atoms with Gasteiger partial charge in [0, 0.05) is 17.6 Å². The van der Waals surface area contributed by atoms with Gasteiger partial charge in [-0.3, -0.25) is 0 Å². The van der Waals surface area contributed by atoms with Gasteiger partial charge >= 0.3 is 0 Å². The minimum atomic E-state index is 0.474. The van der Waals surface area contributed by atoms with Gasteiger partial charge in [-0.25, -0.2) is 0 Å². The largest absolute Gasteiger partial charge is 0.306 e. The third-order valence-corrected chi connectivity index (χ3v) is 4.41. The van der Waals surface area contributed by atoms with Gasteiger partial charge in [0.2, 0.25) is 0 Å². The van der Waals surface area contributed by atoms with Crippen LogP contribution in [-0.4, -0.2) is 0 Å². The summed E-state index contributed by atoms with van der Waals surface area (Å²) in [5, 5.41) is 8.83. The number of nitrogens with one attached hydrogen (secondary N) is 1. The van der Waals surface area contributed by atoms with E-state index in [1.165, 1.54) is 24.0 Å². The van der Waals surface area contributed by atoms with E-state index in [2.05, 4.69) is 34.3 Å². The molecule has 1 unspecified atom stereocenters. The Morgan fingerprint density at radius 3 is 2.61 bits per heavy atom. The topological polar surface area (TPSA) is 12.0 Å². The summed E-state index contributed by atoms with van der Waals surface area (Å²) < 4.78 is 0. The lowest BCUT2D eigenvalue weighted by Gasteiger charge is -2.18. The normalized spacial score (nSPS) is 16.7. The Bertz CT molecular complexity index is 488. The van der Waals surface area contributed by atoms with Crippen LogP contribution in [0.1, 0.15) is 30.0 Å². The van der Waals surface area contributed by atoms with Crippen molar-refractivity contribution in [2.75, 3.05) is 0 Å². The molecular weight excluding hydrogens is 262 g/mol. The second kappa shape index (κ2) is 5.43. The first-order valence-electron chi connectivity index (χ1n) is 6.33. The maximum Gasteiger partial charge on any atom is 0.0406 e. The van der Waals surface area contributed by atoms with Crippen molar-refractivity contribution in [1.29, 1.82) is 0 Å². The van der Waals surface area contributed by atoms with Crippen molar-refractivity contribution >= 4 is 22.9 Å². The predicted octanol–water partition coefficient (Wildman–Crippen LogP) is 4.64. The molecule has 1 heterocycles. The highest BCUT2D eigenvalue weighted by molar-refractivity contribution is 7.07. The fraction of sp³-hybridized carbons (Fsp3) is 0.333. The molecule has 0 saturated heterocycles. The molecule has 2 aromatic rings. The molecule has 1 aliphatic carbocycles. The Morgan fingerprint density at radius 2 is 2.00 bits per heavy atom. The standard InChI is InChI=1S/C15H16ClNS/c16-14-5-3-13(4-6-14)15(12-1-2-12)17-9-11-7-8-18-10-11/h3-8,10,12,15,17H,1-2,9H2. The average molecular weight is 278 g/mol. The number of halogens is 1. The summed E-state index contributed by atoms with van der Waals surface area (Å²) in [6.07, 6.45) is 2.67. The summed E-state index contributed by atoms with van der Waals surface area (Å²) in [5.41, 5.74) is 2.73. The molecule has 0 aliphatic heterocycles. The van der Waals surface area contributed by atoms with Crippen LogP contribution in [0.4, 0.5) is 0 Å². The molecule has 1 aromatic heterocycles. The Balaban J connectivity index is 1.70. The summed E-state index contributed by atoms with van der Waals surface area (Å²) in [6, 6.07) is 10.9. The third-order valence-electron chi connectivity index (χ3n) is 3.43. The number of benzene rings is 1. The van der Waals surface area contributed by atoms with Gasteiger partial charge < -0.3 is 5.32 Å². The van der Waals surface area contributed by atoms with E-state index < -0.39 is 0 Å². The Labute approximate surface area is 117 Å². The van der Waals surface area contributed by atoms with Crippen LogP contribution < -0.4 is 5.32 Å². The number of hydrogen-bond acceptors (Lipinski definition) is 2. The van der Waals surface area contributed by atoms with E-state index in [-0.39, 0.29) is 0 Å². The summed E-state index contributed by atoms with van der Waals surface area (Å²) in [5.74, 6) is 0.796. The summed E-state index contributed by atoms with van der Waals surface area (Å²) >= 11 is 7.71. The first-order chi connectivity index (χ1) is 8.83. The van der Waals surface area contributed by atoms with Gasteiger partial charge in [0.25, 0.3) is 0 Å². The quantitative estimate of drug-likeness (QED) is 0.839. The van der Waals surface area contributed by atoms with Crippen LogP contribution in [0.2, 0.25) is 5.02 Å². The Hall–Kier alpha value is -0.830. The fourth-order valence-corrected chi connectivity index (χ4v) is 3.07. The smallest absolute Gasteiger partial charge is 0.0406 e. The van der Waals surface area contributed by atoms with Crippen molar-refractivity contribution in [3.05, 3.63) is 57.2 Å². The molecule has 3 heteroatoms. The molecular formula is C15H16ClNS. The van der Waals surface area contributed by atoms with E-state index in [0.717, 1.165) is 17.5 Å². The molecule has 0 spiro atoms. The first-order valence-corrected chi connectivity index (χ1v) is 7.65. The molecule has 0 amide bonds. The van der Waals surface area contributed by atoms with Crippen LogP contribution in [0.25, 0.3) is 0 Å². The minimum Gasteiger partial charge on any atom is -0.306 e. The molecule has 18 heavy (non-hydrogen) atoms. The SMILES string of the molecule is Clc1ccc(C(NCc2ccsc2)C2CC2)cc1. The molecule has 1 saturated carbocycles. The lowest BCUT2D eigenvalue weighted by atomic mass is 10.0. The highest BCUT2D eigenvalue weighted by Crippen LogP contribution is 2.41. The summed E-state index contributed by atoms with van der Waals surface area (Å²) in [6.45, 7) is 0.952. The van der Waals surface area contributed by atoms with Crippen LogP contribution in [0.15, 0.2) is 41.1 Å². The van der Waals surface area contributed by atoms with E-state index >= 15 is 0 Å². The zero-order chi connectivity index (χ0) is 12.4. The molecule has 0 radical (unpaired) electrons. The molecule has 1 aromatic carbocycles. The van der Waals surface area contributed by atoms with Crippen LogP contribution in [-0.2, 0) is 6.54 Å². The maximum absolute atomic E-state index is 5.95. The highest BCUT2D eigenvalue weighted by Gasteiger charge is 2.31. The van der Waals surface area contributed by atoms with Crippen molar-refractivity contribution in [2.24, 2.45) is 5.92 Å². The number of thiophene rings is 1. The molecule has 94 valence electrons. The van der Waals surface area contributed by atoms with Gasteiger partial charge in [0.15, 0.2) is 0 Å². The van der Waals surface area contributed by atoms with Crippen LogP contribution in [0, 0.1) is 5.92 Å². The van der Waals surface area contributed by atoms with Crippen molar-refractivity contribution < 1.29 is 0 Å². The molecule has 1 N–H and O–H groups in total. The van der Waals surface area contributed by atoms with Gasteiger partial charge in [-0.2, -0.15) is 11.3 Å². The number of hydrogen-bond donors (Lipinski definition) is 1. The second-order valence-corrected chi connectivity index (χ2v) is 6.10. The highest BCUT2D eigenvalue weighted by atomic mass is 35.5. The molecule has 3 rings (SSSR count). The van der Waals surface area contributed by atoms with Gasteiger partial charge in [0.05, 0.1) is 0 Å². The average Bonchev–Trinajstić information content (AvgIpc) is 3.08. The molecule has 0 bridgehead atoms. The molecule has 1 aliphatic rings. The van der Waals surface area contributed by atoms with E-state index in [1.807, 2.05) is 12.1 Å². The Morgan fingerprint density at radius 1 is 1.22 bits per heavy atom. The first kappa shape index (κ1) is 12.2. The van der Waals surface area contributed by atoms with E-state index in [1.54, 1.807) is 11.3 Å². The fourth-order valence-electron chi connectivity index (χ4n) is 2.28. The maximum atomic E-state index is 5.95. The zero-order valence-corrected chi connectivity index (χ0v) is 11.7. The molecule has 1 fully saturated rings.